The summed E-state index contributed by atoms with van der Waals surface area (Å²) in [4.78, 5) is 33.6. The van der Waals surface area contributed by atoms with Crippen molar-refractivity contribution in [3.63, 3.8) is 0 Å². The number of nitrogens with one attached hydrogen (secondary N) is 1. The molecule has 3 rings (SSSR count). The number of hydrogen-bond acceptors (Lipinski definition) is 3. The number of halogens is 1. The van der Waals surface area contributed by atoms with E-state index in [1.807, 2.05) is 0 Å². The first-order valence-corrected chi connectivity index (χ1v) is 7.88. The number of H-pyrrole nitrogens is 1. The predicted octanol–water partition coefficient (Wildman–Crippen LogP) is 2.46. The van der Waals surface area contributed by atoms with Gasteiger partial charge in [-0.05, 0) is 24.6 Å². The molecule has 2 heterocycles. The second-order valence-corrected chi connectivity index (χ2v) is 6.14. The topological polar surface area (TPSA) is 82.8 Å². The minimum atomic E-state index is -0.467. The van der Waals surface area contributed by atoms with Crippen LogP contribution in [0.3, 0.4) is 0 Å². The quantitative estimate of drug-likeness (QED) is 0.564. The summed E-state index contributed by atoms with van der Waals surface area (Å²) in [7, 11) is 3.59. The van der Waals surface area contributed by atoms with Crippen molar-refractivity contribution in [1.29, 1.82) is 0 Å². The molecular formula is C17H16ClN5O2. The number of aliphatic imine (C=N–C) groups is 1. The van der Waals surface area contributed by atoms with E-state index in [1.54, 1.807) is 50.2 Å². The number of carbonyl (C=O) groups is 1. The molecular weight excluding hydrogens is 342 g/mol. The van der Waals surface area contributed by atoms with Gasteiger partial charge in [0.2, 0.25) is 0 Å². The van der Waals surface area contributed by atoms with Gasteiger partial charge in [-0.15, -0.1) is 0 Å². The molecule has 0 radical (unpaired) electrons. The Balaban J connectivity index is 2.13. The van der Waals surface area contributed by atoms with Crippen molar-refractivity contribution >= 4 is 29.0 Å². The van der Waals surface area contributed by atoms with Crippen molar-refractivity contribution in [1.82, 2.24) is 19.5 Å². The van der Waals surface area contributed by atoms with Crippen LogP contribution in [0.2, 0.25) is 5.02 Å². The van der Waals surface area contributed by atoms with E-state index in [1.165, 1.54) is 12.3 Å². The summed E-state index contributed by atoms with van der Waals surface area (Å²) in [6.45, 7) is 1.73. The second kappa shape index (κ2) is 6.52. The molecule has 7 nitrogen and oxygen atoms in total. The van der Waals surface area contributed by atoms with E-state index in [0.717, 1.165) is 10.1 Å². The molecule has 1 amide bonds. The molecule has 0 aliphatic heterocycles. The smallest absolute Gasteiger partial charge is 0.284 e. The molecule has 0 atom stereocenters. The normalized spacial score (nSPS) is 11.8. The molecule has 8 heteroatoms. The van der Waals surface area contributed by atoms with Crippen molar-refractivity contribution in [3.8, 4) is 11.3 Å². The minimum absolute atomic E-state index is 0.231. The maximum atomic E-state index is 12.4. The number of rotatable bonds is 2. The monoisotopic (exact) mass is 357 g/mol. The number of aromatic nitrogens is 3. The molecule has 0 aliphatic rings. The van der Waals surface area contributed by atoms with Crippen LogP contribution in [-0.4, -0.2) is 45.3 Å². The van der Waals surface area contributed by atoms with Crippen LogP contribution in [0.4, 0.5) is 0 Å². The van der Waals surface area contributed by atoms with Crippen LogP contribution in [0.5, 0.6) is 0 Å². The first-order chi connectivity index (χ1) is 11.9. The lowest BCUT2D eigenvalue weighted by molar-refractivity contribution is 0.100. The standard InChI is InChI=1S/C17H16ClN5O2/c1-10(22(2)3)20-17(25)13-9-19-23-15(24)8-14(21-16(13)23)11-4-6-12(18)7-5-11/h4-9,21H,1-3H3/b20-10+. The van der Waals surface area contributed by atoms with E-state index < -0.39 is 5.91 Å². The number of benzene rings is 1. The van der Waals surface area contributed by atoms with Crippen LogP contribution in [-0.2, 0) is 0 Å². The zero-order chi connectivity index (χ0) is 18.1. The molecule has 0 saturated carbocycles. The third-order valence-electron chi connectivity index (χ3n) is 3.80. The Labute approximate surface area is 148 Å². The van der Waals surface area contributed by atoms with Crippen molar-refractivity contribution in [3.05, 3.63) is 57.5 Å². The van der Waals surface area contributed by atoms with E-state index in [9.17, 15) is 9.59 Å². The van der Waals surface area contributed by atoms with Gasteiger partial charge in [-0.25, -0.2) is 0 Å². The molecule has 0 saturated heterocycles. The number of aromatic amines is 1. The van der Waals surface area contributed by atoms with Gasteiger partial charge in [0.15, 0.2) is 5.65 Å². The largest absolute Gasteiger partial charge is 0.366 e. The Morgan fingerprint density at radius 1 is 1.28 bits per heavy atom. The predicted molar refractivity (Wildman–Crippen MR) is 97.4 cm³/mol. The van der Waals surface area contributed by atoms with Gasteiger partial charge in [0.1, 0.15) is 11.4 Å². The van der Waals surface area contributed by atoms with Crippen LogP contribution in [0, 0.1) is 0 Å². The van der Waals surface area contributed by atoms with Crippen LogP contribution < -0.4 is 5.56 Å². The van der Waals surface area contributed by atoms with Gasteiger partial charge in [-0.1, -0.05) is 23.7 Å². The van der Waals surface area contributed by atoms with Gasteiger partial charge in [0, 0.05) is 25.2 Å². The van der Waals surface area contributed by atoms with E-state index in [-0.39, 0.29) is 11.1 Å². The summed E-state index contributed by atoms with van der Waals surface area (Å²) < 4.78 is 1.15. The number of fused-ring (bicyclic) bond motifs is 1. The van der Waals surface area contributed by atoms with E-state index in [2.05, 4.69) is 15.1 Å². The Morgan fingerprint density at radius 2 is 1.96 bits per heavy atom. The molecule has 0 bridgehead atoms. The first-order valence-electron chi connectivity index (χ1n) is 7.51. The van der Waals surface area contributed by atoms with Gasteiger partial charge in [0.25, 0.3) is 11.5 Å². The highest BCUT2D eigenvalue weighted by Gasteiger charge is 2.16. The van der Waals surface area contributed by atoms with Gasteiger partial charge >= 0.3 is 0 Å². The average Bonchev–Trinajstić information content (AvgIpc) is 3.00. The highest BCUT2D eigenvalue weighted by molar-refractivity contribution is 6.30. The summed E-state index contributed by atoms with van der Waals surface area (Å²) in [5.41, 5.74) is 1.53. The van der Waals surface area contributed by atoms with E-state index in [0.29, 0.717) is 22.2 Å². The van der Waals surface area contributed by atoms with Gasteiger partial charge in [-0.2, -0.15) is 14.6 Å². The first kappa shape index (κ1) is 16.9. The zero-order valence-corrected chi connectivity index (χ0v) is 14.7. The molecule has 0 aliphatic carbocycles. The van der Waals surface area contributed by atoms with Gasteiger partial charge < -0.3 is 9.88 Å². The van der Waals surface area contributed by atoms with Crippen molar-refractivity contribution in [2.75, 3.05) is 14.1 Å². The van der Waals surface area contributed by atoms with Crippen LogP contribution in [0.1, 0.15) is 17.3 Å². The van der Waals surface area contributed by atoms with Crippen LogP contribution in [0.15, 0.2) is 46.3 Å². The lowest BCUT2D eigenvalue weighted by Gasteiger charge is -2.10. The Kier molecular flexibility index (Phi) is 4.41. The van der Waals surface area contributed by atoms with Crippen LogP contribution >= 0.6 is 11.6 Å². The third-order valence-corrected chi connectivity index (χ3v) is 4.05. The minimum Gasteiger partial charge on any atom is -0.366 e. The summed E-state index contributed by atoms with van der Waals surface area (Å²) in [6.07, 6.45) is 1.34. The number of amidine groups is 1. The molecule has 1 N–H and O–H groups in total. The van der Waals surface area contributed by atoms with Crippen molar-refractivity contribution < 1.29 is 4.79 Å². The highest BCUT2D eigenvalue weighted by atomic mass is 35.5. The summed E-state index contributed by atoms with van der Waals surface area (Å²) in [6, 6.07) is 8.46. The molecule has 0 spiro atoms. The van der Waals surface area contributed by atoms with Crippen LogP contribution in [0.25, 0.3) is 16.9 Å². The maximum Gasteiger partial charge on any atom is 0.284 e. The number of amides is 1. The molecule has 128 valence electrons. The van der Waals surface area contributed by atoms with E-state index in [4.69, 9.17) is 11.6 Å². The fraction of sp³-hybridized carbons (Fsp3) is 0.176. The molecule has 25 heavy (non-hydrogen) atoms. The van der Waals surface area contributed by atoms with E-state index >= 15 is 0 Å². The summed E-state index contributed by atoms with van der Waals surface area (Å²) >= 11 is 5.90. The number of carbonyl (C=O) groups excluding carboxylic acids is 1. The SMILES string of the molecule is C/C(=N\C(=O)c1cnn2c(=O)cc(-c3ccc(Cl)cc3)[nH]c12)N(C)C. The average molecular weight is 358 g/mol. The zero-order valence-electron chi connectivity index (χ0n) is 13.9. The van der Waals surface area contributed by atoms with Crippen molar-refractivity contribution in [2.24, 2.45) is 4.99 Å². The molecule has 2 aromatic heterocycles. The molecule has 3 aromatic rings. The lowest BCUT2D eigenvalue weighted by atomic mass is 10.1. The summed E-state index contributed by atoms with van der Waals surface area (Å²) in [5, 5.41) is 4.59. The lowest BCUT2D eigenvalue weighted by Crippen LogP contribution is -2.20. The van der Waals surface area contributed by atoms with Crippen molar-refractivity contribution in [2.45, 2.75) is 6.92 Å². The fourth-order valence-corrected chi connectivity index (χ4v) is 2.36. The molecule has 0 unspecified atom stereocenters. The Morgan fingerprint density at radius 3 is 2.60 bits per heavy atom. The second-order valence-electron chi connectivity index (χ2n) is 5.71. The third kappa shape index (κ3) is 3.32. The molecule has 1 aromatic carbocycles. The fourth-order valence-electron chi connectivity index (χ4n) is 2.23. The number of hydrogen-bond donors (Lipinski definition) is 1. The Bertz CT molecular complexity index is 1030. The van der Waals surface area contributed by atoms with Gasteiger partial charge in [-0.3, -0.25) is 9.59 Å². The highest BCUT2D eigenvalue weighted by Crippen LogP contribution is 2.20. The number of nitrogens with zero attached hydrogens (tertiary/aromatic N) is 4. The summed E-state index contributed by atoms with van der Waals surface area (Å²) in [5.74, 6) is 0.0886. The molecule has 0 fully saturated rings. The van der Waals surface area contributed by atoms with Gasteiger partial charge in [0.05, 0.1) is 11.9 Å². The maximum absolute atomic E-state index is 12.4. The Hall–Kier alpha value is -2.93.